The van der Waals surface area contributed by atoms with Crippen LogP contribution in [0, 0.1) is 0 Å². The Morgan fingerprint density at radius 3 is 0.942 bits per heavy atom. The molecular formula is C109H85BBrClN6O2. The summed E-state index contributed by atoms with van der Waals surface area (Å²) in [4.78, 5) is 29.1. The van der Waals surface area contributed by atoms with Crippen LogP contribution >= 0.6 is 27.5 Å². The monoisotopic (exact) mass is 1630 g/mol. The average Bonchev–Trinajstić information content (AvgIpc) is 1.61. The number of aromatic nitrogens is 6. The lowest BCUT2D eigenvalue weighted by molar-refractivity contribution is 0.00578. The van der Waals surface area contributed by atoms with E-state index in [2.05, 4.69) is 397 Å². The molecule has 0 bridgehead atoms. The molecule has 0 atom stereocenters. The Bertz CT molecular complexity index is 7210. The highest BCUT2D eigenvalue weighted by Crippen LogP contribution is 2.56. The lowest BCUT2D eigenvalue weighted by atomic mass is 9.70. The molecule has 0 saturated carbocycles. The van der Waals surface area contributed by atoms with Gasteiger partial charge in [-0.3, -0.25) is 0 Å². The van der Waals surface area contributed by atoms with Gasteiger partial charge in [0, 0.05) is 54.1 Å². The molecule has 17 aromatic carbocycles. The van der Waals surface area contributed by atoms with Gasteiger partial charge in [-0.15, -0.1) is 0 Å². The van der Waals surface area contributed by atoms with Crippen molar-refractivity contribution in [3.8, 4) is 90.3 Å². The van der Waals surface area contributed by atoms with Gasteiger partial charge in [0.1, 0.15) is 0 Å². The second-order valence-electron chi connectivity index (χ2n) is 34.6. The van der Waals surface area contributed by atoms with Crippen LogP contribution in [-0.2, 0) is 25.6 Å². The highest BCUT2D eigenvalue weighted by atomic mass is 79.9. The molecule has 0 radical (unpaired) electrons. The van der Waals surface area contributed by atoms with E-state index in [0.29, 0.717) is 29.1 Å². The number of nitrogens with zero attached hydrogens (tertiary/aromatic N) is 6. The normalized spacial score (nSPS) is 14.9. The predicted octanol–water partition coefficient (Wildman–Crippen LogP) is 28.2. The first-order valence-electron chi connectivity index (χ1n) is 41.2. The second-order valence-corrected chi connectivity index (χ2v) is 35.7. The minimum atomic E-state index is -0.383. The minimum Gasteiger partial charge on any atom is -0.399 e. The van der Waals surface area contributed by atoms with Crippen molar-refractivity contribution in [3.63, 3.8) is 0 Å². The molecule has 11 heteroatoms. The Morgan fingerprint density at radius 2 is 0.533 bits per heavy atom. The van der Waals surface area contributed by atoms with E-state index in [-0.39, 0.29) is 39.8 Å². The fraction of sp³-hybridized carbons (Fsp3) is 0.138. The van der Waals surface area contributed by atoms with E-state index in [1.807, 2.05) is 36.4 Å². The Hall–Kier alpha value is -12.7. The third kappa shape index (κ3) is 13.1. The van der Waals surface area contributed by atoms with Gasteiger partial charge in [0.05, 0.1) is 11.2 Å². The van der Waals surface area contributed by atoms with Gasteiger partial charge in [-0.2, -0.15) is 9.97 Å². The van der Waals surface area contributed by atoms with E-state index in [0.717, 1.165) is 54.7 Å². The summed E-state index contributed by atoms with van der Waals surface area (Å²) in [5.41, 5.74) is 21.1. The largest absolute Gasteiger partial charge is 0.496 e. The van der Waals surface area contributed by atoms with Crippen molar-refractivity contribution in [1.82, 2.24) is 29.9 Å². The first-order valence-corrected chi connectivity index (χ1v) is 42.4. The van der Waals surface area contributed by atoms with E-state index < -0.39 is 0 Å². The quantitative estimate of drug-likeness (QED) is 0.152. The van der Waals surface area contributed by atoms with Gasteiger partial charge >= 0.3 is 7.12 Å². The number of fused-ring (bicyclic) bond motifs is 16. The summed E-state index contributed by atoms with van der Waals surface area (Å²) in [5, 5.41) is 16.9. The van der Waals surface area contributed by atoms with Gasteiger partial charge in [0.25, 0.3) is 0 Å². The molecule has 2 aromatic heterocycles. The van der Waals surface area contributed by atoms with Gasteiger partial charge in [-0.1, -0.05) is 333 Å². The van der Waals surface area contributed by atoms with Crippen molar-refractivity contribution in [3.05, 3.63) is 377 Å². The predicted molar refractivity (Wildman–Crippen MR) is 503 cm³/mol. The molecule has 0 N–H and O–H groups in total. The van der Waals surface area contributed by atoms with E-state index in [1.165, 1.54) is 125 Å². The summed E-state index contributed by atoms with van der Waals surface area (Å²) < 4.78 is 14.3. The molecule has 23 rings (SSSR count). The molecule has 8 nitrogen and oxygen atoms in total. The van der Waals surface area contributed by atoms with Crippen LogP contribution in [0.4, 0.5) is 0 Å². The molecule has 3 heterocycles. The van der Waals surface area contributed by atoms with Gasteiger partial charge in [0.15, 0.2) is 29.1 Å². The van der Waals surface area contributed by atoms with E-state index in [9.17, 15) is 0 Å². The molecule has 1 fully saturated rings. The van der Waals surface area contributed by atoms with E-state index in [1.54, 1.807) is 0 Å². The fourth-order valence-corrected chi connectivity index (χ4v) is 19.6. The third-order valence-electron chi connectivity index (χ3n) is 25.7. The first-order chi connectivity index (χ1) is 58.0. The third-order valence-corrected chi connectivity index (χ3v) is 26.7. The lowest BCUT2D eigenvalue weighted by Crippen LogP contribution is -2.41. The molecule has 0 spiro atoms. The maximum Gasteiger partial charge on any atom is 0.496 e. The van der Waals surface area contributed by atoms with Crippen LogP contribution in [0.3, 0.4) is 0 Å². The van der Waals surface area contributed by atoms with Crippen LogP contribution < -0.4 is 5.46 Å². The topological polar surface area (TPSA) is 95.8 Å². The zero-order valence-corrected chi connectivity index (χ0v) is 70.9. The van der Waals surface area contributed by atoms with Crippen LogP contribution in [0.15, 0.2) is 338 Å². The highest BCUT2D eigenvalue weighted by Gasteiger charge is 2.54. The van der Waals surface area contributed by atoms with E-state index >= 15 is 0 Å². The van der Waals surface area contributed by atoms with Crippen molar-refractivity contribution < 1.29 is 9.31 Å². The molecule has 1 saturated heterocycles. The van der Waals surface area contributed by atoms with Gasteiger partial charge in [-0.05, 0) is 240 Å². The molecular weight excluding hydrogens is 1550 g/mol. The standard InChI is InChI=1S/C42H29N3.C25H27BO2.C23H14ClN3.C19H15Br/c1-42(2)35-18-10-9-17-34(35)37-36(42)25-30-15-7-8-16-33(30)38(37)41-44-39(31-21-19-26-11-3-5-13-28(26)23-31)43-40(45-41)32-22-20-27-12-4-6-14-29(27)24-32;1-23(2)19-14-10-9-13-18(19)21-20(23)15-16-11-7-8-12-17(16)22(21)26-27-24(3,4)25(5,6)28-26;24-23-26-21(19-11-9-15-5-1-3-7-17(15)13-19)25-22(27-23)20-12-10-16-6-2-4-8-18(16)14-20;1-19(2)15-10-6-5-9-14(15)17-16(19)11-12-7-3-4-8-13(12)18(17)20/h3-25H,1-2H3;7-15H,1-6H3;1-14H;3-11H,1-2H3. The highest BCUT2D eigenvalue weighted by molar-refractivity contribution is 9.10. The Labute approximate surface area is 713 Å². The zero-order valence-electron chi connectivity index (χ0n) is 68.6. The Morgan fingerprint density at radius 1 is 0.250 bits per heavy atom. The molecule has 0 unspecified atom stereocenters. The summed E-state index contributed by atoms with van der Waals surface area (Å²) in [7, 11) is -0.383. The van der Waals surface area contributed by atoms with E-state index in [4.69, 9.17) is 35.9 Å². The minimum absolute atomic E-state index is 0.0473. The molecule has 3 aliphatic carbocycles. The smallest absolute Gasteiger partial charge is 0.399 e. The van der Waals surface area contributed by atoms with Crippen LogP contribution in [0.1, 0.15) is 103 Å². The molecule has 0 amide bonds. The molecule has 4 aliphatic rings. The first kappa shape index (κ1) is 76.0. The van der Waals surface area contributed by atoms with Crippen molar-refractivity contribution in [1.29, 1.82) is 0 Å². The Balaban J connectivity index is 0.000000107. The average molecular weight is 1640 g/mol. The number of halogens is 2. The maximum absolute atomic E-state index is 6.54. The fourth-order valence-electron chi connectivity index (χ4n) is 18.6. The molecule has 19 aromatic rings. The van der Waals surface area contributed by atoms with Crippen molar-refractivity contribution in [2.24, 2.45) is 0 Å². The number of rotatable bonds is 6. The van der Waals surface area contributed by atoms with Gasteiger partial charge < -0.3 is 9.31 Å². The van der Waals surface area contributed by atoms with Crippen LogP contribution in [0.2, 0.25) is 5.28 Å². The molecule has 1 aliphatic heterocycles. The van der Waals surface area contributed by atoms with Gasteiger partial charge in [-0.25, -0.2) is 19.9 Å². The summed E-state index contributed by atoms with van der Waals surface area (Å²) in [6.07, 6.45) is 0. The van der Waals surface area contributed by atoms with Crippen LogP contribution in [0.25, 0.3) is 166 Å². The number of benzene rings is 17. The summed E-state index contributed by atoms with van der Waals surface area (Å²) in [6, 6.07) is 118. The number of hydrogen-bond acceptors (Lipinski definition) is 8. The molecule has 580 valence electrons. The van der Waals surface area contributed by atoms with Crippen LogP contribution in [-0.4, -0.2) is 48.2 Å². The summed E-state index contributed by atoms with van der Waals surface area (Å²) >= 11 is 10.1. The van der Waals surface area contributed by atoms with Gasteiger partial charge in [0.2, 0.25) is 5.28 Å². The summed E-state index contributed by atoms with van der Waals surface area (Å²) in [5.74, 6) is 3.17. The Kier molecular flexibility index (Phi) is 18.6. The second kappa shape index (κ2) is 29.4. The molecule has 120 heavy (non-hydrogen) atoms. The number of hydrogen-bond donors (Lipinski definition) is 0. The van der Waals surface area contributed by atoms with Crippen molar-refractivity contribution in [2.45, 2.75) is 96.7 Å². The zero-order chi connectivity index (χ0) is 82.1. The summed E-state index contributed by atoms with van der Waals surface area (Å²) in [6.45, 7) is 22.4. The van der Waals surface area contributed by atoms with Crippen LogP contribution in [0.5, 0.6) is 0 Å². The van der Waals surface area contributed by atoms with Crippen molar-refractivity contribution >= 4 is 116 Å². The SMILES string of the molecule is CC1(C)c2ccccc2-c2c1cc1ccccc1c2-c1nc(-c2ccc3ccccc3c2)nc(-c2ccc3ccccc3c2)n1.CC1(C)c2ccccc2-c2c1cc1ccccc1c2B1OC(C)(C)C(C)(C)O1.CC1(C)c2ccccc2-c2c1cc1ccccc1c2Br.Clc1nc(-c2ccc3ccccc3c2)nc(-c2ccc3ccccc3c2)n1. The maximum atomic E-state index is 6.54. The van der Waals surface area contributed by atoms with Crippen molar-refractivity contribution in [2.75, 3.05) is 0 Å². The lowest BCUT2D eigenvalue weighted by Gasteiger charge is -2.32.